The van der Waals surface area contributed by atoms with Crippen molar-refractivity contribution in [3.05, 3.63) is 71.9 Å². The topological polar surface area (TPSA) is 98.0 Å². The predicted octanol–water partition coefficient (Wildman–Crippen LogP) is 3.20. The molecule has 0 bridgehead atoms. The van der Waals surface area contributed by atoms with Crippen LogP contribution in [0.15, 0.2) is 65.8 Å². The monoisotopic (exact) mass is 459 g/mol. The molecule has 1 saturated carbocycles. The SMILES string of the molecule is NC(=NCc1cccc2cc[nH]c12)N1CCN(C(=O)C(O)(c2ccccc2)C2CCCC2)CC1. The second-order valence-corrected chi connectivity index (χ2v) is 9.43. The molecule has 1 saturated heterocycles. The van der Waals surface area contributed by atoms with Gasteiger partial charge in [-0.3, -0.25) is 4.79 Å². The number of aliphatic imine (C=N–C) groups is 1. The molecule has 7 nitrogen and oxygen atoms in total. The first-order valence-electron chi connectivity index (χ1n) is 12.2. The van der Waals surface area contributed by atoms with Crippen molar-refractivity contribution in [1.82, 2.24) is 14.8 Å². The molecule has 1 amide bonds. The Bertz CT molecular complexity index is 1160. The van der Waals surface area contributed by atoms with Gasteiger partial charge in [0.1, 0.15) is 0 Å². The first-order chi connectivity index (χ1) is 16.6. The molecular formula is C27H33N5O2. The Kier molecular flexibility index (Phi) is 6.28. The van der Waals surface area contributed by atoms with Gasteiger partial charge in [0.05, 0.1) is 12.1 Å². The molecule has 1 unspecified atom stereocenters. The number of hydrogen-bond acceptors (Lipinski definition) is 3. The van der Waals surface area contributed by atoms with E-state index in [0.717, 1.165) is 42.1 Å². The summed E-state index contributed by atoms with van der Waals surface area (Å²) in [6.07, 6.45) is 5.81. The van der Waals surface area contributed by atoms with Crippen molar-refractivity contribution in [1.29, 1.82) is 0 Å². The summed E-state index contributed by atoms with van der Waals surface area (Å²) in [6.45, 7) is 2.73. The van der Waals surface area contributed by atoms with E-state index >= 15 is 0 Å². The number of H-pyrrole nitrogens is 1. The molecular weight excluding hydrogens is 426 g/mol. The van der Waals surface area contributed by atoms with Crippen LogP contribution in [0.5, 0.6) is 0 Å². The Labute approximate surface area is 200 Å². The number of aromatic amines is 1. The second kappa shape index (κ2) is 9.50. The lowest BCUT2D eigenvalue weighted by atomic mass is 9.79. The van der Waals surface area contributed by atoms with Crippen molar-refractivity contribution in [2.45, 2.75) is 37.8 Å². The first-order valence-corrected chi connectivity index (χ1v) is 12.2. The summed E-state index contributed by atoms with van der Waals surface area (Å²) < 4.78 is 0. The van der Waals surface area contributed by atoms with E-state index in [1.807, 2.05) is 53.6 Å². The average Bonchev–Trinajstić information content (AvgIpc) is 3.60. The molecule has 0 radical (unpaired) electrons. The zero-order valence-electron chi connectivity index (χ0n) is 19.5. The van der Waals surface area contributed by atoms with Gasteiger partial charge in [0.2, 0.25) is 0 Å². The maximum atomic E-state index is 13.7. The number of guanidine groups is 1. The van der Waals surface area contributed by atoms with Crippen LogP contribution in [0.2, 0.25) is 0 Å². The third-order valence-electron chi connectivity index (χ3n) is 7.46. The number of nitrogens with two attached hydrogens (primary N) is 1. The van der Waals surface area contributed by atoms with Crippen LogP contribution in [0, 0.1) is 5.92 Å². The van der Waals surface area contributed by atoms with Crippen molar-refractivity contribution < 1.29 is 9.90 Å². The number of rotatable bonds is 5. The van der Waals surface area contributed by atoms with E-state index in [4.69, 9.17) is 5.73 Å². The lowest BCUT2D eigenvalue weighted by Crippen LogP contribution is -2.58. The molecule has 178 valence electrons. The van der Waals surface area contributed by atoms with Crippen LogP contribution >= 0.6 is 0 Å². The van der Waals surface area contributed by atoms with Crippen molar-refractivity contribution >= 4 is 22.8 Å². The van der Waals surface area contributed by atoms with Gasteiger partial charge in [-0.1, -0.05) is 61.4 Å². The molecule has 2 aromatic carbocycles. The number of aromatic nitrogens is 1. The van der Waals surface area contributed by atoms with Crippen LogP contribution in [-0.2, 0) is 16.9 Å². The summed E-state index contributed by atoms with van der Waals surface area (Å²) in [5.74, 6) is 0.270. The first kappa shape index (κ1) is 22.5. The number of carbonyl (C=O) groups excluding carboxylic acids is 1. The normalized spacial score (nSPS) is 19.5. The Morgan fingerprint density at radius 1 is 1.00 bits per heavy atom. The largest absolute Gasteiger partial charge is 0.375 e. The third kappa shape index (κ3) is 4.16. The fourth-order valence-electron chi connectivity index (χ4n) is 5.50. The van der Waals surface area contributed by atoms with Crippen LogP contribution < -0.4 is 5.73 Å². The molecule has 1 aliphatic carbocycles. The highest BCUT2D eigenvalue weighted by molar-refractivity contribution is 5.87. The van der Waals surface area contributed by atoms with Crippen LogP contribution in [0.1, 0.15) is 36.8 Å². The van der Waals surface area contributed by atoms with Gasteiger partial charge in [-0.15, -0.1) is 0 Å². The zero-order chi connectivity index (χ0) is 23.5. The molecule has 1 aliphatic heterocycles. The van der Waals surface area contributed by atoms with Crippen molar-refractivity contribution in [3.8, 4) is 0 Å². The lowest BCUT2D eigenvalue weighted by Gasteiger charge is -2.41. The second-order valence-electron chi connectivity index (χ2n) is 9.43. The molecule has 1 atom stereocenters. The highest BCUT2D eigenvalue weighted by Crippen LogP contribution is 2.42. The summed E-state index contributed by atoms with van der Waals surface area (Å²) in [6, 6.07) is 17.7. The Balaban J connectivity index is 1.26. The fraction of sp³-hybridized carbons (Fsp3) is 0.407. The number of piperazine rings is 1. The summed E-state index contributed by atoms with van der Waals surface area (Å²) >= 11 is 0. The molecule has 34 heavy (non-hydrogen) atoms. The molecule has 7 heteroatoms. The maximum absolute atomic E-state index is 13.7. The van der Waals surface area contributed by atoms with E-state index in [9.17, 15) is 9.90 Å². The summed E-state index contributed by atoms with van der Waals surface area (Å²) in [5, 5.41) is 13.0. The fourth-order valence-corrected chi connectivity index (χ4v) is 5.50. The Hall–Kier alpha value is -3.32. The standard InChI is InChI=1S/C27H33N5O2/c28-26(30-19-21-8-6-7-20-13-14-29-24(20)21)32-17-15-31(16-18-32)25(33)27(34,23-11-4-5-12-23)22-9-2-1-3-10-22/h1-3,6-10,13-14,23,29,34H,4-5,11-12,15-19H2,(H2,28,30). The number of nitrogens with one attached hydrogen (secondary N) is 1. The van der Waals surface area contributed by atoms with Gasteiger partial charge in [0.25, 0.3) is 5.91 Å². The van der Waals surface area contributed by atoms with E-state index in [2.05, 4.69) is 22.1 Å². The van der Waals surface area contributed by atoms with Crippen LogP contribution in [-0.4, -0.2) is 57.9 Å². The number of fused-ring (bicyclic) bond motifs is 1. The van der Waals surface area contributed by atoms with Gasteiger partial charge in [-0.05, 0) is 35.4 Å². The van der Waals surface area contributed by atoms with Gasteiger partial charge in [-0.2, -0.15) is 0 Å². The third-order valence-corrected chi connectivity index (χ3v) is 7.46. The van der Waals surface area contributed by atoms with E-state index in [1.54, 1.807) is 4.90 Å². The van der Waals surface area contributed by atoms with Crippen molar-refractivity contribution in [2.24, 2.45) is 16.6 Å². The highest BCUT2D eigenvalue weighted by Gasteiger charge is 2.48. The van der Waals surface area contributed by atoms with Crippen LogP contribution in [0.4, 0.5) is 0 Å². The molecule has 0 spiro atoms. The summed E-state index contributed by atoms with van der Waals surface area (Å²) in [5.41, 5.74) is 7.75. The number of nitrogens with zero attached hydrogens (tertiary/aromatic N) is 3. The lowest BCUT2D eigenvalue weighted by molar-refractivity contribution is -0.160. The average molecular weight is 460 g/mol. The molecule has 2 heterocycles. The number of benzene rings is 2. The minimum Gasteiger partial charge on any atom is -0.375 e. The minimum absolute atomic E-state index is 0.0391. The zero-order valence-corrected chi connectivity index (χ0v) is 19.5. The quantitative estimate of drug-likeness (QED) is 0.403. The Morgan fingerprint density at radius 2 is 1.71 bits per heavy atom. The molecule has 5 rings (SSSR count). The van der Waals surface area contributed by atoms with E-state index in [0.29, 0.717) is 44.2 Å². The van der Waals surface area contributed by atoms with Gasteiger partial charge < -0.3 is 25.6 Å². The minimum atomic E-state index is -1.46. The number of para-hydroxylation sites is 1. The van der Waals surface area contributed by atoms with E-state index in [1.165, 1.54) is 0 Å². The van der Waals surface area contributed by atoms with E-state index < -0.39 is 5.60 Å². The van der Waals surface area contributed by atoms with Gasteiger partial charge in [0.15, 0.2) is 11.6 Å². The molecule has 4 N–H and O–H groups in total. The maximum Gasteiger partial charge on any atom is 0.259 e. The number of hydrogen-bond donors (Lipinski definition) is 3. The summed E-state index contributed by atoms with van der Waals surface area (Å²) in [7, 11) is 0. The van der Waals surface area contributed by atoms with Crippen LogP contribution in [0.3, 0.4) is 0 Å². The van der Waals surface area contributed by atoms with Crippen LogP contribution in [0.25, 0.3) is 10.9 Å². The molecule has 3 aromatic rings. The number of aliphatic hydroxyl groups is 1. The van der Waals surface area contributed by atoms with Gasteiger partial charge >= 0.3 is 0 Å². The van der Waals surface area contributed by atoms with E-state index in [-0.39, 0.29) is 11.8 Å². The number of amides is 1. The van der Waals surface area contributed by atoms with Gasteiger partial charge in [0, 0.05) is 38.3 Å². The molecule has 1 aromatic heterocycles. The van der Waals surface area contributed by atoms with Gasteiger partial charge in [-0.25, -0.2) is 4.99 Å². The number of carbonyl (C=O) groups is 1. The molecule has 2 fully saturated rings. The summed E-state index contributed by atoms with van der Waals surface area (Å²) in [4.78, 5) is 25.4. The molecule has 2 aliphatic rings. The van der Waals surface area contributed by atoms with Crippen molar-refractivity contribution in [3.63, 3.8) is 0 Å². The Morgan fingerprint density at radius 3 is 2.44 bits per heavy atom. The highest BCUT2D eigenvalue weighted by atomic mass is 16.3. The predicted molar refractivity (Wildman–Crippen MR) is 134 cm³/mol. The van der Waals surface area contributed by atoms with Crippen molar-refractivity contribution in [2.75, 3.05) is 26.2 Å². The smallest absolute Gasteiger partial charge is 0.259 e.